The number of rotatable bonds is 5. The Labute approximate surface area is 130 Å². The van der Waals surface area contributed by atoms with Crippen LogP contribution in [0, 0.1) is 6.92 Å². The number of aryl methyl sites for hydroxylation is 1. The first-order valence-electron chi connectivity index (χ1n) is 5.85. The van der Waals surface area contributed by atoms with Crippen molar-refractivity contribution in [2.24, 2.45) is 0 Å². The molecule has 2 N–H and O–H groups in total. The van der Waals surface area contributed by atoms with Gasteiger partial charge in [0.2, 0.25) is 10.0 Å². The van der Waals surface area contributed by atoms with Crippen molar-refractivity contribution in [3.63, 3.8) is 0 Å². The Morgan fingerprint density at radius 2 is 2.10 bits per heavy atom. The lowest BCUT2D eigenvalue weighted by molar-refractivity contribution is 0.281. The minimum absolute atomic E-state index is 0.180. The molecule has 0 saturated carbocycles. The van der Waals surface area contributed by atoms with E-state index >= 15 is 0 Å². The predicted octanol–water partition coefficient (Wildman–Crippen LogP) is 2.79. The Morgan fingerprint density at radius 1 is 1.35 bits per heavy atom. The first-order chi connectivity index (χ1) is 9.42. The van der Waals surface area contributed by atoms with Gasteiger partial charge in [-0.1, -0.05) is 12.1 Å². The van der Waals surface area contributed by atoms with Crippen LogP contribution in [0.25, 0.3) is 0 Å². The van der Waals surface area contributed by atoms with Crippen molar-refractivity contribution in [2.75, 3.05) is 0 Å². The van der Waals surface area contributed by atoms with Gasteiger partial charge in [-0.05, 0) is 46.1 Å². The third kappa shape index (κ3) is 3.67. The van der Waals surface area contributed by atoms with Gasteiger partial charge in [-0.25, -0.2) is 13.1 Å². The fraction of sp³-hybridized carbons (Fsp3) is 0.231. The molecule has 0 atom stereocenters. The summed E-state index contributed by atoms with van der Waals surface area (Å²) in [4.78, 5) is 1.14. The molecule has 0 bridgehead atoms. The van der Waals surface area contributed by atoms with Crippen LogP contribution in [-0.4, -0.2) is 13.5 Å². The number of halogens is 1. The van der Waals surface area contributed by atoms with Crippen molar-refractivity contribution >= 4 is 37.3 Å². The van der Waals surface area contributed by atoms with Crippen LogP contribution in [0.2, 0.25) is 0 Å². The highest BCUT2D eigenvalue weighted by atomic mass is 79.9. The topological polar surface area (TPSA) is 66.4 Å². The predicted molar refractivity (Wildman–Crippen MR) is 83.1 cm³/mol. The summed E-state index contributed by atoms with van der Waals surface area (Å²) in [6, 6.07) is 6.79. The van der Waals surface area contributed by atoms with Crippen LogP contribution in [0.15, 0.2) is 39.0 Å². The van der Waals surface area contributed by atoms with Crippen LogP contribution in [0.1, 0.15) is 16.0 Å². The van der Waals surface area contributed by atoms with E-state index in [1.165, 1.54) is 17.4 Å². The molecule has 0 amide bonds. The second-order valence-electron chi connectivity index (χ2n) is 4.31. The van der Waals surface area contributed by atoms with Gasteiger partial charge in [0.1, 0.15) is 0 Å². The summed E-state index contributed by atoms with van der Waals surface area (Å²) in [5.74, 6) is 0. The van der Waals surface area contributed by atoms with Gasteiger partial charge in [0, 0.05) is 21.3 Å². The SMILES string of the molecule is Cc1ccc(CO)cc1S(=O)(=O)NCc1cc(Br)cs1. The number of hydrogen-bond donors (Lipinski definition) is 2. The minimum atomic E-state index is -3.58. The first-order valence-corrected chi connectivity index (χ1v) is 9.01. The zero-order valence-electron chi connectivity index (χ0n) is 10.8. The molecule has 2 rings (SSSR count). The standard InChI is InChI=1S/C13H14BrNO3S2/c1-9-2-3-10(7-16)4-13(9)20(17,18)15-6-12-5-11(14)8-19-12/h2-5,8,15-16H,6-7H2,1H3. The molecule has 0 saturated heterocycles. The molecule has 2 aromatic rings. The first kappa shape index (κ1) is 15.7. The van der Waals surface area contributed by atoms with Gasteiger partial charge in [-0.3, -0.25) is 0 Å². The Balaban J connectivity index is 2.21. The largest absolute Gasteiger partial charge is 0.392 e. The van der Waals surface area contributed by atoms with Crippen molar-refractivity contribution in [2.45, 2.75) is 25.0 Å². The molecule has 1 aromatic heterocycles. The molecule has 7 heteroatoms. The van der Waals surface area contributed by atoms with E-state index in [9.17, 15) is 8.42 Å². The third-order valence-electron chi connectivity index (χ3n) is 2.78. The van der Waals surface area contributed by atoms with Crippen molar-refractivity contribution in [1.82, 2.24) is 4.72 Å². The highest BCUT2D eigenvalue weighted by molar-refractivity contribution is 9.10. The summed E-state index contributed by atoms with van der Waals surface area (Å²) in [6.07, 6.45) is 0. The molecule has 0 aliphatic rings. The summed E-state index contributed by atoms with van der Waals surface area (Å²) in [7, 11) is -3.58. The molecule has 0 unspecified atom stereocenters. The van der Waals surface area contributed by atoms with E-state index in [-0.39, 0.29) is 18.0 Å². The number of aliphatic hydroxyl groups excluding tert-OH is 1. The monoisotopic (exact) mass is 375 g/mol. The quantitative estimate of drug-likeness (QED) is 0.844. The van der Waals surface area contributed by atoms with E-state index in [0.717, 1.165) is 9.35 Å². The molecule has 0 radical (unpaired) electrons. The average Bonchev–Trinajstić information content (AvgIpc) is 2.83. The highest BCUT2D eigenvalue weighted by Crippen LogP contribution is 2.21. The number of thiophene rings is 1. The molecule has 0 aliphatic carbocycles. The lowest BCUT2D eigenvalue weighted by atomic mass is 10.2. The van der Waals surface area contributed by atoms with Crippen LogP contribution in [0.5, 0.6) is 0 Å². The lowest BCUT2D eigenvalue weighted by Crippen LogP contribution is -2.23. The van der Waals surface area contributed by atoms with E-state index in [1.807, 2.05) is 11.4 Å². The fourth-order valence-electron chi connectivity index (χ4n) is 1.72. The molecule has 4 nitrogen and oxygen atoms in total. The molecule has 1 aromatic carbocycles. The van der Waals surface area contributed by atoms with E-state index in [2.05, 4.69) is 20.7 Å². The Hall–Kier alpha value is -0.730. The highest BCUT2D eigenvalue weighted by Gasteiger charge is 2.17. The second kappa shape index (κ2) is 6.36. The van der Waals surface area contributed by atoms with E-state index in [1.54, 1.807) is 19.1 Å². The zero-order valence-corrected chi connectivity index (χ0v) is 14.0. The maximum absolute atomic E-state index is 12.3. The summed E-state index contributed by atoms with van der Waals surface area (Å²) in [6.45, 7) is 1.81. The number of aliphatic hydroxyl groups is 1. The van der Waals surface area contributed by atoms with Gasteiger partial charge in [0.25, 0.3) is 0 Å². The summed E-state index contributed by atoms with van der Waals surface area (Å²) in [5.41, 5.74) is 1.23. The maximum Gasteiger partial charge on any atom is 0.241 e. The number of benzene rings is 1. The van der Waals surface area contributed by atoms with Crippen molar-refractivity contribution in [3.05, 3.63) is 50.1 Å². The molecule has 1 heterocycles. The Morgan fingerprint density at radius 3 is 2.70 bits per heavy atom. The number of hydrogen-bond acceptors (Lipinski definition) is 4. The van der Waals surface area contributed by atoms with Crippen LogP contribution in [-0.2, 0) is 23.2 Å². The van der Waals surface area contributed by atoms with E-state index in [0.29, 0.717) is 11.1 Å². The van der Waals surface area contributed by atoms with Crippen LogP contribution in [0.3, 0.4) is 0 Å². The molecule has 0 spiro atoms. The van der Waals surface area contributed by atoms with Gasteiger partial charge in [0.05, 0.1) is 11.5 Å². The average molecular weight is 376 g/mol. The fourth-order valence-corrected chi connectivity index (χ4v) is 4.50. The van der Waals surface area contributed by atoms with Crippen molar-refractivity contribution in [3.8, 4) is 0 Å². The number of nitrogens with one attached hydrogen (secondary N) is 1. The summed E-state index contributed by atoms with van der Waals surface area (Å²) < 4.78 is 28.1. The van der Waals surface area contributed by atoms with Gasteiger partial charge < -0.3 is 5.11 Å². The summed E-state index contributed by atoms with van der Waals surface area (Å²) >= 11 is 4.82. The van der Waals surface area contributed by atoms with E-state index in [4.69, 9.17) is 5.11 Å². The van der Waals surface area contributed by atoms with Crippen molar-refractivity contribution in [1.29, 1.82) is 0 Å². The molecule has 20 heavy (non-hydrogen) atoms. The molecule has 0 fully saturated rings. The van der Waals surface area contributed by atoms with E-state index < -0.39 is 10.0 Å². The van der Waals surface area contributed by atoms with Crippen molar-refractivity contribution < 1.29 is 13.5 Å². The molecular weight excluding hydrogens is 362 g/mol. The molecular formula is C13H14BrNO3S2. The van der Waals surface area contributed by atoms with Gasteiger partial charge >= 0.3 is 0 Å². The lowest BCUT2D eigenvalue weighted by Gasteiger charge is -2.10. The van der Waals surface area contributed by atoms with Gasteiger partial charge in [0.15, 0.2) is 0 Å². The van der Waals surface area contributed by atoms with Crippen LogP contribution < -0.4 is 4.72 Å². The number of sulfonamides is 1. The normalized spacial score (nSPS) is 11.8. The maximum atomic E-state index is 12.3. The van der Waals surface area contributed by atoms with Gasteiger partial charge in [-0.15, -0.1) is 11.3 Å². The second-order valence-corrected chi connectivity index (χ2v) is 7.96. The minimum Gasteiger partial charge on any atom is -0.392 e. The smallest absolute Gasteiger partial charge is 0.241 e. The Bertz CT molecular complexity index is 710. The molecule has 0 aliphatic heterocycles. The summed E-state index contributed by atoms with van der Waals surface area (Å²) in [5, 5.41) is 11.0. The van der Waals surface area contributed by atoms with Crippen LogP contribution in [0.4, 0.5) is 0 Å². The van der Waals surface area contributed by atoms with Gasteiger partial charge in [-0.2, -0.15) is 0 Å². The Kier molecular flexibility index (Phi) is 4.98. The van der Waals surface area contributed by atoms with Crippen LogP contribution >= 0.6 is 27.3 Å². The molecule has 108 valence electrons. The third-order valence-corrected chi connectivity index (χ3v) is 6.02. The zero-order chi connectivity index (χ0) is 14.8.